The molecule has 1 fully saturated rings. The van der Waals surface area contributed by atoms with E-state index in [0.717, 1.165) is 42.5 Å². The van der Waals surface area contributed by atoms with E-state index in [9.17, 15) is 9.59 Å². The van der Waals surface area contributed by atoms with Crippen LogP contribution in [-0.2, 0) is 9.53 Å². The topological polar surface area (TPSA) is 118 Å². The molecule has 27 heavy (non-hydrogen) atoms. The van der Waals surface area contributed by atoms with Crippen LogP contribution in [0.2, 0.25) is 0 Å². The minimum Gasteiger partial charge on any atom is -0.476 e. The summed E-state index contributed by atoms with van der Waals surface area (Å²) in [5.74, 6) is -0.930. The highest BCUT2D eigenvalue weighted by molar-refractivity contribution is 6.08. The van der Waals surface area contributed by atoms with Crippen molar-refractivity contribution in [3.05, 3.63) is 41.9 Å². The summed E-state index contributed by atoms with van der Waals surface area (Å²) in [6.07, 6.45) is 4.97. The van der Waals surface area contributed by atoms with E-state index < -0.39 is 11.8 Å². The molecule has 5 N–H and O–H groups in total. The zero-order valence-corrected chi connectivity index (χ0v) is 15.1. The number of aromatic nitrogens is 1. The number of hydrogen-bond donors (Lipinski definition) is 3. The summed E-state index contributed by atoms with van der Waals surface area (Å²) in [4.78, 5) is 30.8. The van der Waals surface area contributed by atoms with Crippen LogP contribution in [0.1, 0.15) is 30.1 Å². The number of anilines is 1. The van der Waals surface area contributed by atoms with E-state index in [-0.39, 0.29) is 12.3 Å². The minimum atomic E-state index is -0.477. The van der Waals surface area contributed by atoms with E-state index in [1.165, 1.54) is 6.26 Å². The molecule has 3 heterocycles. The van der Waals surface area contributed by atoms with Gasteiger partial charge in [-0.25, -0.2) is 0 Å². The monoisotopic (exact) mass is 369 g/mol. The lowest BCUT2D eigenvalue weighted by atomic mass is 10.0. The van der Waals surface area contributed by atoms with Crippen molar-refractivity contribution in [3.8, 4) is 0 Å². The molecular formula is C19H23N5O3. The summed E-state index contributed by atoms with van der Waals surface area (Å²) in [6.45, 7) is 3.54. The summed E-state index contributed by atoms with van der Waals surface area (Å²) in [7, 11) is 0. The number of nitrogens with two attached hydrogens (primary N) is 2. The molecular weight excluding hydrogens is 346 g/mol. The van der Waals surface area contributed by atoms with Gasteiger partial charge in [0.2, 0.25) is 0 Å². The summed E-state index contributed by atoms with van der Waals surface area (Å²) in [5, 5.41) is 0.961. The van der Waals surface area contributed by atoms with Gasteiger partial charge in [0.05, 0.1) is 17.1 Å². The summed E-state index contributed by atoms with van der Waals surface area (Å²) < 4.78 is 5.52. The number of rotatable bonds is 4. The fourth-order valence-corrected chi connectivity index (χ4v) is 4.19. The van der Waals surface area contributed by atoms with Crippen LogP contribution in [0.25, 0.3) is 10.9 Å². The highest BCUT2D eigenvalue weighted by Crippen LogP contribution is 2.33. The van der Waals surface area contributed by atoms with Crippen molar-refractivity contribution in [2.45, 2.75) is 32.0 Å². The number of fused-ring (bicyclic) bond motifs is 1. The second-order valence-corrected chi connectivity index (χ2v) is 7.01. The predicted octanol–water partition coefficient (Wildman–Crippen LogP) is 1.24. The average molecular weight is 369 g/mol. The summed E-state index contributed by atoms with van der Waals surface area (Å²) in [6, 6.07) is 5.76. The van der Waals surface area contributed by atoms with Gasteiger partial charge in [0.25, 0.3) is 11.8 Å². The number of amides is 2. The number of nitrogens with zero attached hydrogens (tertiary/aromatic N) is 2. The zero-order valence-electron chi connectivity index (χ0n) is 15.1. The van der Waals surface area contributed by atoms with Crippen molar-refractivity contribution in [1.82, 2.24) is 9.88 Å². The molecule has 0 spiro atoms. The van der Waals surface area contributed by atoms with Gasteiger partial charge >= 0.3 is 0 Å². The van der Waals surface area contributed by atoms with Crippen molar-refractivity contribution in [1.29, 1.82) is 0 Å². The molecule has 2 amide bonds. The number of benzene rings is 1. The van der Waals surface area contributed by atoms with Crippen molar-refractivity contribution >= 4 is 28.4 Å². The molecule has 4 rings (SSSR count). The first kappa shape index (κ1) is 17.3. The van der Waals surface area contributed by atoms with Crippen LogP contribution in [0.5, 0.6) is 0 Å². The van der Waals surface area contributed by atoms with Crippen LogP contribution in [0.3, 0.4) is 0 Å². The van der Waals surface area contributed by atoms with E-state index in [1.807, 2.05) is 30.2 Å². The third-order valence-corrected chi connectivity index (χ3v) is 5.40. The summed E-state index contributed by atoms with van der Waals surface area (Å²) in [5.41, 5.74) is 13.7. The highest BCUT2D eigenvalue weighted by Gasteiger charge is 2.36. The van der Waals surface area contributed by atoms with Gasteiger partial charge in [-0.1, -0.05) is 0 Å². The Morgan fingerprint density at radius 1 is 1.22 bits per heavy atom. The van der Waals surface area contributed by atoms with Crippen LogP contribution >= 0.6 is 0 Å². The maximum atomic E-state index is 11.8. The lowest BCUT2D eigenvalue weighted by Crippen LogP contribution is -2.50. The second kappa shape index (κ2) is 6.53. The third-order valence-electron chi connectivity index (χ3n) is 5.40. The standard InChI is InChI=1S/C19H23N5O3/c1-11-24(16(10-27-11)19(21)26)12-3-2-8-23(9-12)15-5-4-14(18(20)25)17-13(15)6-7-22-17/h4-7,10-12,22H,2-3,8-9H2,1H3,(H2,20,25)(H2,21,26)/t11-,12?/m1/s1. The number of H-pyrrole nitrogens is 1. The van der Waals surface area contributed by atoms with E-state index in [0.29, 0.717) is 11.3 Å². The lowest BCUT2D eigenvalue weighted by molar-refractivity contribution is -0.116. The van der Waals surface area contributed by atoms with Crippen LogP contribution in [-0.4, -0.2) is 47.1 Å². The Morgan fingerprint density at radius 2 is 2.04 bits per heavy atom. The zero-order chi connectivity index (χ0) is 19.1. The molecule has 1 unspecified atom stereocenters. The quantitative estimate of drug-likeness (QED) is 0.749. The molecule has 0 aliphatic carbocycles. The number of ether oxygens (including phenoxy) is 1. The molecule has 0 bridgehead atoms. The van der Waals surface area contributed by atoms with E-state index in [1.54, 1.807) is 6.07 Å². The number of primary amides is 2. The van der Waals surface area contributed by atoms with Crippen molar-refractivity contribution in [3.63, 3.8) is 0 Å². The Labute approximate surface area is 156 Å². The second-order valence-electron chi connectivity index (χ2n) is 7.01. The third kappa shape index (κ3) is 2.87. The molecule has 0 saturated carbocycles. The molecule has 8 nitrogen and oxygen atoms in total. The summed E-state index contributed by atoms with van der Waals surface area (Å²) >= 11 is 0. The Hall–Kier alpha value is -3.16. The number of nitrogens with one attached hydrogen (secondary N) is 1. The first-order chi connectivity index (χ1) is 13.0. The van der Waals surface area contributed by atoms with Gasteiger partial charge in [0.1, 0.15) is 12.0 Å². The number of carbonyl (C=O) groups is 2. The van der Waals surface area contributed by atoms with Gasteiger partial charge in [-0.2, -0.15) is 0 Å². The largest absolute Gasteiger partial charge is 0.476 e. The fourth-order valence-electron chi connectivity index (χ4n) is 4.19. The first-order valence-corrected chi connectivity index (χ1v) is 9.06. The normalized spacial score (nSPS) is 22.6. The van der Waals surface area contributed by atoms with Crippen LogP contribution in [0.4, 0.5) is 5.69 Å². The van der Waals surface area contributed by atoms with Gasteiger partial charge in [-0.05, 0) is 38.0 Å². The SMILES string of the molecule is C[C@H]1OC=C(C(N)=O)N1C1CCCN(c2ccc(C(N)=O)c3[nH]ccc23)C1. The van der Waals surface area contributed by atoms with Crippen LogP contribution < -0.4 is 16.4 Å². The van der Waals surface area contributed by atoms with Gasteiger partial charge in [-0.15, -0.1) is 0 Å². The van der Waals surface area contributed by atoms with Crippen molar-refractivity contribution in [2.75, 3.05) is 18.0 Å². The Morgan fingerprint density at radius 3 is 2.78 bits per heavy atom. The van der Waals surface area contributed by atoms with Crippen LogP contribution in [0.15, 0.2) is 36.4 Å². The average Bonchev–Trinajstić information content (AvgIpc) is 3.27. The Balaban J connectivity index is 1.65. The smallest absolute Gasteiger partial charge is 0.268 e. The lowest BCUT2D eigenvalue weighted by Gasteiger charge is -2.41. The highest BCUT2D eigenvalue weighted by atomic mass is 16.5. The van der Waals surface area contributed by atoms with Crippen LogP contribution in [0, 0.1) is 0 Å². The molecule has 1 saturated heterocycles. The maximum Gasteiger partial charge on any atom is 0.268 e. The molecule has 2 aromatic rings. The van der Waals surface area contributed by atoms with Crippen molar-refractivity contribution < 1.29 is 14.3 Å². The van der Waals surface area contributed by atoms with E-state index in [2.05, 4.69) is 9.88 Å². The van der Waals surface area contributed by atoms with Gasteiger partial charge in [-0.3, -0.25) is 9.59 Å². The molecule has 2 aliphatic heterocycles. The Kier molecular flexibility index (Phi) is 4.18. The number of piperidine rings is 1. The van der Waals surface area contributed by atoms with Gasteiger partial charge < -0.3 is 31.0 Å². The molecule has 1 aromatic heterocycles. The van der Waals surface area contributed by atoms with E-state index in [4.69, 9.17) is 16.2 Å². The number of aromatic amines is 1. The van der Waals surface area contributed by atoms with E-state index >= 15 is 0 Å². The molecule has 8 heteroatoms. The predicted molar refractivity (Wildman–Crippen MR) is 102 cm³/mol. The number of hydrogen-bond acceptors (Lipinski definition) is 5. The van der Waals surface area contributed by atoms with Gasteiger partial charge in [0.15, 0.2) is 6.23 Å². The Bertz CT molecular complexity index is 935. The molecule has 2 aliphatic rings. The maximum absolute atomic E-state index is 11.8. The minimum absolute atomic E-state index is 0.111. The molecule has 1 aromatic carbocycles. The van der Waals surface area contributed by atoms with Gasteiger partial charge in [0, 0.05) is 30.4 Å². The van der Waals surface area contributed by atoms with Crippen molar-refractivity contribution in [2.24, 2.45) is 11.5 Å². The molecule has 2 atom stereocenters. The molecule has 0 radical (unpaired) electrons. The first-order valence-electron chi connectivity index (χ1n) is 9.06. The number of carbonyl (C=O) groups excluding carboxylic acids is 2. The molecule has 142 valence electrons. The fraction of sp³-hybridized carbons (Fsp3) is 0.368.